The Morgan fingerprint density at radius 2 is 1.49 bits per heavy atom. The quantitative estimate of drug-likeness (QED) is 0.275. The van der Waals surface area contributed by atoms with E-state index >= 15 is 0 Å². The second-order valence-corrected chi connectivity index (χ2v) is 8.06. The Hall–Kier alpha value is -3.05. The fourth-order valence-corrected chi connectivity index (χ4v) is 3.37. The van der Waals surface area contributed by atoms with Crippen molar-refractivity contribution >= 4 is 46.4 Å². The lowest BCUT2D eigenvalue weighted by Crippen LogP contribution is -2.41. The Morgan fingerprint density at radius 1 is 0.886 bits per heavy atom. The molecular weight excluding hydrogens is 525 g/mol. The molecule has 0 saturated heterocycles. The minimum Gasteiger partial charge on any atom is -0.345 e. The number of halogens is 8. The van der Waals surface area contributed by atoms with E-state index in [2.05, 4.69) is 5.32 Å². The first kappa shape index (κ1) is 28.2. The highest BCUT2D eigenvalue weighted by atomic mass is 35.5. The number of amides is 2. The molecule has 13 heteroatoms. The van der Waals surface area contributed by atoms with Crippen molar-refractivity contribution in [3.05, 3.63) is 74.8 Å². The van der Waals surface area contributed by atoms with Crippen molar-refractivity contribution in [3.8, 4) is 0 Å². The lowest BCUT2D eigenvalue weighted by Gasteiger charge is -2.13. The number of carbonyl (C=O) groups is 3. The van der Waals surface area contributed by atoms with Gasteiger partial charge in [-0.05, 0) is 54.5 Å². The maximum Gasteiger partial charge on any atom is 0.417 e. The summed E-state index contributed by atoms with van der Waals surface area (Å²) in [5.74, 6) is -2.93. The predicted octanol–water partition coefficient (Wildman–Crippen LogP) is 5.54. The van der Waals surface area contributed by atoms with Gasteiger partial charge in [0, 0.05) is 21.2 Å². The highest BCUT2D eigenvalue weighted by Gasteiger charge is 2.36. The molecule has 2 N–H and O–H groups in total. The summed E-state index contributed by atoms with van der Waals surface area (Å²) < 4.78 is 77.1. The molecule has 0 fully saturated rings. The van der Waals surface area contributed by atoms with Crippen molar-refractivity contribution in [2.75, 3.05) is 13.1 Å². The lowest BCUT2D eigenvalue weighted by atomic mass is 9.98. The summed E-state index contributed by atoms with van der Waals surface area (Å²) in [7, 11) is 0. The number of hydrogen-bond donors (Lipinski definition) is 2. The van der Waals surface area contributed by atoms with Gasteiger partial charge in [-0.1, -0.05) is 29.3 Å². The number of nitrogens with one attached hydrogen (secondary N) is 2. The molecule has 0 spiro atoms. The van der Waals surface area contributed by atoms with E-state index in [4.69, 9.17) is 23.2 Å². The third kappa shape index (κ3) is 8.59. The molecule has 0 aromatic heterocycles. The van der Waals surface area contributed by atoms with E-state index in [1.807, 2.05) is 0 Å². The van der Waals surface area contributed by atoms with Crippen LogP contribution in [0.1, 0.15) is 31.8 Å². The number of ketones is 1. The largest absolute Gasteiger partial charge is 0.417 e. The molecule has 0 radical (unpaired) electrons. The third-order valence-corrected chi connectivity index (χ3v) is 4.84. The first-order valence-corrected chi connectivity index (χ1v) is 10.3. The number of carbonyl (C=O) groups excluding carboxylic acids is 3. The van der Waals surface area contributed by atoms with E-state index in [-0.39, 0.29) is 26.7 Å². The topological polar surface area (TPSA) is 75.3 Å². The monoisotopic (exact) mass is 540 g/mol. The summed E-state index contributed by atoms with van der Waals surface area (Å²) in [5.41, 5.74) is -1.73. The van der Waals surface area contributed by atoms with Crippen LogP contribution < -0.4 is 10.6 Å². The Bertz CT molecular complexity index is 1160. The molecule has 2 aromatic carbocycles. The zero-order valence-corrected chi connectivity index (χ0v) is 19.2. The molecule has 0 aliphatic carbocycles. The van der Waals surface area contributed by atoms with Crippen LogP contribution in [0.25, 0.3) is 5.57 Å². The van der Waals surface area contributed by atoms with Crippen LogP contribution in [0.15, 0.2) is 42.5 Å². The zero-order valence-electron chi connectivity index (χ0n) is 17.7. The normalized spacial score (nSPS) is 12.3. The van der Waals surface area contributed by atoms with E-state index in [1.54, 1.807) is 5.32 Å². The van der Waals surface area contributed by atoms with Crippen LogP contribution in [-0.2, 0) is 4.79 Å². The van der Waals surface area contributed by atoms with Crippen LogP contribution in [0.2, 0.25) is 10.0 Å². The summed E-state index contributed by atoms with van der Waals surface area (Å²) in [6.45, 7) is -0.915. The van der Waals surface area contributed by atoms with Crippen molar-refractivity contribution in [1.29, 1.82) is 0 Å². The molecule has 188 valence electrons. The lowest BCUT2D eigenvalue weighted by molar-refractivity contribution is -0.137. The van der Waals surface area contributed by atoms with Gasteiger partial charge in [0.1, 0.15) is 6.54 Å². The smallest absolute Gasteiger partial charge is 0.345 e. The van der Waals surface area contributed by atoms with E-state index in [0.29, 0.717) is 6.08 Å². The molecule has 2 aromatic rings. The van der Waals surface area contributed by atoms with E-state index in [0.717, 1.165) is 30.3 Å². The first-order valence-electron chi connectivity index (χ1n) is 9.59. The van der Waals surface area contributed by atoms with Crippen molar-refractivity contribution in [1.82, 2.24) is 10.6 Å². The fraction of sp³-hybridized carbons (Fsp3) is 0.227. The molecule has 0 unspecified atom stereocenters. The minimum atomic E-state index is -4.91. The molecule has 0 atom stereocenters. The Labute approximate surface area is 205 Å². The SMILES string of the molecule is Cc1cc(C(=O)/C=C(\c2cc(Cl)cc(Cl)c2)C(F)(F)F)ccc1C(=O)NCC(=O)NCC(F)(F)F. The number of benzene rings is 2. The van der Waals surface area contributed by atoms with Gasteiger partial charge >= 0.3 is 12.4 Å². The Morgan fingerprint density at radius 3 is 2.00 bits per heavy atom. The second kappa shape index (κ2) is 11.1. The van der Waals surface area contributed by atoms with Gasteiger partial charge in [-0.3, -0.25) is 14.4 Å². The molecule has 2 rings (SSSR count). The van der Waals surface area contributed by atoms with Gasteiger partial charge < -0.3 is 10.6 Å². The van der Waals surface area contributed by atoms with Gasteiger partial charge in [0.2, 0.25) is 5.91 Å². The van der Waals surface area contributed by atoms with Crippen molar-refractivity contribution < 1.29 is 40.7 Å². The van der Waals surface area contributed by atoms with Crippen LogP contribution in [0.5, 0.6) is 0 Å². The van der Waals surface area contributed by atoms with Crippen LogP contribution in [-0.4, -0.2) is 43.0 Å². The standard InChI is InChI=1S/C22H16Cl2F6N2O3/c1-11-4-12(2-3-16(11)20(35)31-9-19(34)32-10-21(25,26)27)18(33)8-17(22(28,29)30)13-5-14(23)7-15(24)6-13/h2-8H,9-10H2,1H3,(H,31,35)(H,32,34)/b17-8+. The number of alkyl halides is 6. The molecule has 35 heavy (non-hydrogen) atoms. The van der Waals surface area contributed by atoms with Gasteiger partial charge in [0.15, 0.2) is 5.78 Å². The molecule has 5 nitrogen and oxygen atoms in total. The maximum absolute atomic E-state index is 13.6. The number of rotatable bonds is 7. The Kier molecular flexibility index (Phi) is 8.96. The average molecular weight is 541 g/mol. The maximum atomic E-state index is 13.6. The molecule has 0 heterocycles. The van der Waals surface area contributed by atoms with Gasteiger partial charge in [0.05, 0.1) is 12.1 Å². The Balaban J connectivity index is 2.21. The molecule has 2 amide bonds. The van der Waals surface area contributed by atoms with E-state index < -0.39 is 54.2 Å². The molecule has 0 aliphatic heterocycles. The van der Waals surface area contributed by atoms with Gasteiger partial charge in [-0.2, -0.15) is 26.3 Å². The predicted molar refractivity (Wildman–Crippen MR) is 117 cm³/mol. The molecule has 0 bridgehead atoms. The number of allylic oxidation sites excluding steroid dienone is 2. The van der Waals surface area contributed by atoms with Crippen molar-refractivity contribution in [2.24, 2.45) is 0 Å². The van der Waals surface area contributed by atoms with E-state index in [1.165, 1.54) is 13.0 Å². The molecular formula is C22H16Cl2F6N2O3. The summed E-state index contributed by atoms with van der Waals surface area (Å²) in [6, 6.07) is 6.64. The summed E-state index contributed by atoms with van der Waals surface area (Å²) in [5, 5.41) is 3.58. The minimum absolute atomic E-state index is 0.0354. The van der Waals surface area contributed by atoms with Crippen LogP contribution >= 0.6 is 23.2 Å². The molecule has 0 aliphatic rings. The number of hydrogen-bond acceptors (Lipinski definition) is 3. The highest BCUT2D eigenvalue weighted by Crippen LogP contribution is 2.36. The second-order valence-electron chi connectivity index (χ2n) is 7.18. The van der Waals surface area contributed by atoms with Gasteiger partial charge in [-0.25, -0.2) is 0 Å². The van der Waals surface area contributed by atoms with E-state index in [9.17, 15) is 40.7 Å². The molecule has 0 saturated carbocycles. The van der Waals surface area contributed by atoms with Crippen LogP contribution in [0, 0.1) is 6.92 Å². The first-order chi connectivity index (χ1) is 16.1. The zero-order chi connectivity index (χ0) is 26.6. The van der Waals surface area contributed by atoms with Crippen molar-refractivity contribution in [3.63, 3.8) is 0 Å². The van der Waals surface area contributed by atoms with Crippen LogP contribution in [0.3, 0.4) is 0 Å². The van der Waals surface area contributed by atoms with Crippen molar-refractivity contribution in [2.45, 2.75) is 19.3 Å². The van der Waals surface area contributed by atoms with Gasteiger partial charge in [-0.15, -0.1) is 0 Å². The summed E-state index contributed by atoms with van der Waals surface area (Å²) >= 11 is 11.5. The average Bonchev–Trinajstić information content (AvgIpc) is 2.72. The third-order valence-electron chi connectivity index (χ3n) is 4.41. The van der Waals surface area contributed by atoms with Gasteiger partial charge in [0.25, 0.3) is 5.91 Å². The van der Waals surface area contributed by atoms with Crippen LogP contribution in [0.4, 0.5) is 26.3 Å². The summed E-state index contributed by atoms with van der Waals surface area (Å²) in [4.78, 5) is 36.2. The summed E-state index contributed by atoms with van der Waals surface area (Å²) in [6.07, 6.45) is -9.15. The number of aryl methyl sites for hydroxylation is 1. The highest BCUT2D eigenvalue weighted by molar-refractivity contribution is 6.35. The fourth-order valence-electron chi connectivity index (χ4n) is 2.84.